The Morgan fingerprint density at radius 1 is 1.30 bits per heavy atom. The van der Waals surface area contributed by atoms with Crippen molar-refractivity contribution in [2.45, 2.75) is 31.5 Å². The zero-order valence-corrected chi connectivity index (χ0v) is 12.2. The molecule has 1 unspecified atom stereocenters. The fourth-order valence-electron chi connectivity index (χ4n) is 2.41. The number of nitrogens with one attached hydrogen (secondary N) is 1. The van der Waals surface area contributed by atoms with Gasteiger partial charge in [0.05, 0.1) is 6.61 Å². The Bertz CT molecular complexity index is 417. The van der Waals surface area contributed by atoms with Crippen LogP contribution >= 0.6 is 0 Å². The molecule has 0 amide bonds. The van der Waals surface area contributed by atoms with E-state index in [4.69, 9.17) is 9.47 Å². The van der Waals surface area contributed by atoms with Crippen LogP contribution in [0.1, 0.15) is 18.4 Å². The minimum Gasteiger partial charge on any atom is -0.491 e. The Kier molecular flexibility index (Phi) is 4.55. The highest BCUT2D eigenvalue weighted by Gasteiger charge is 2.20. The van der Waals surface area contributed by atoms with E-state index < -0.39 is 0 Å². The van der Waals surface area contributed by atoms with Crippen LogP contribution in [0.3, 0.4) is 0 Å². The predicted octanol–water partition coefficient (Wildman–Crippen LogP) is 1.65. The first-order chi connectivity index (χ1) is 9.79. The molecule has 1 saturated carbocycles. The van der Waals surface area contributed by atoms with Crippen molar-refractivity contribution in [1.82, 2.24) is 10.2 Å². The molecule has 0 radical (unpaired) electrons. The lowest BCUT2D eigenvalue weighted by atomic mass is 10.2. The molecule has 20 heavy (non-hydrogen) atoms. The third kappa shape index (κ3) is 4.20. The molecule has 1 N–H and O–H groups in total. The van der Waals surface area contributed by atoms with E-state index in [1.54, 1.807) is 0 Å². The second-order valence-electron chi connectivity index (χ2n) is 5.87. The van der Waals surface area contributed by atoms with Crippen LogP contribution in [-0.4, -0.2) is 50.4 Å². The molecule has 1 atom stereocenters. The molecular weight excluding hydrogens is 252 g/mol. The van der Waals surface area contributed by atoms with Gasteiger partial charge >= 0.3 is 0 Å². The van der Waals surface area contributed by atoms with Gasteiger partial charge in [0.1, 0.15) is 18.5 Å². The summed E-state index contributed by atoms with van der Waals surface area (Å²) in [5, 5.41) is 3.51. The maximum Gasteiger partial charge on any atom is 0.119 e. The van der Waals surface area contributed by atoms with Crippen molar-refractivity contribution in [3.63, 3.8) is 0 Å². The van der Waals surface area contributed by atoms with E-state index in [1.807, 2.05) is 0 Å². The van der Waals surface area contributed by atoms with Crippen molar-refractivity contribution in [2.24, 2.45) is 0 Å². The lowest BCUT2D eigenvalue weighted by molar-refractivity contribution is -0.0403. The van der Waals surface area contributed by atoms with Crippen LogP contribution in [0.5, 0.6) is 5.75 Å². The zero-order valence-electron chi connectivity index (χ0n) is 12.2. The van der Waals surface area contributed by atoms with Crippen LogP contribution in [-0.2, 0) is 11.3 Å². The molecule has 1 aromatic carbocycles. The molecule has 2 aliphatic rings. The predicted molar refractivity (Wildman–Crippen MR) is 79.0 cm³/mol. The molecule has 1 aliphatic carbocycles. The van der Waals surface area contributed by atoms with Crippen LogP contribution in [0.2, 0.25) is 0 Å². The Morgan fingerprint density at radius 3 is 2.80 bits per heavy atom. The zero-order chi connectivity index (χ0) is 13.8. The van der Waals surface area contributed by atoms with Crippen LogP contribution in [0.4, 0.5) is 0 Å². The summed E-state index contributed by atoms with van der Waals surface area (Å²) in [6.45, 7) is 4.35. The van der Waals surface area contributed by atoms with Gasteiger partial charge < -0.3 is 19.7 Å². The first-order valence-corrected chi connectivity index (χ1v) is 7.55. The number of likely N-dealkylation sites (N-methyl/N-ethyl adjacent to an activating group) is 1. The highest BCUT2D eigenvalue weighted by molar-refractivity contribution is 5.27. The van der Waals surface area contributed by atoms with Gasteiger partial charge in [0.2, 0.25) is 0 Å². The maximum absolute atomic E-state index is 5.81. The van der Waals surface area contributed by atoms with Crippen molar-refractivity contribution in [1.29, 1.82) is 0 Å². The van der Waals surface area contributed by atoms with Gasteiger partial charge in [0, 0.05) is 25.7 Å². The van der Waals surface area contributed by atoms with Crippen molar-refractivity contribution in [3.05, 3.63) is 29.8 Å². The Labute approximate surface area is 121 Å². The number of ether oxygens (including phenoxy) is 2. The number of rotatable bonds is 6. The van der Waals surface area contributed by atoms with Gasteiger partial charge in [0.15, 0.2) is 0 Å². The fourth-order valence-corrected chi connectivity index (χ4v) is 2.41. The molecule has 0 aromatic heterocycles. The Balaban J connectivity index is 1.42. The summed E-state index contributed by atoms with van der Waals surface area (Å²) >= 11 is 0. The second-order valence-corrected chi connectivity index (χ2v) is 5.87. The number of hydrogen-bond donors (Lipinski definition) is 1. The van der Waals surface area contributed by atoms with Crippen molar-refractivity contribution < 1.29 is 9.47 Å². The number of hydrogen-bond acceptors (Lipinski definition) is 4. The molecule has 4 nitrogen and oxygen atoms in total. The summed E-state index contributed by atoms with van der Waals surface area (Å²) in [5.74, 6) is 0.928. The largest absolute Gasteiger partial charge is 0.491 e. The molecule has 0 spiro atoms. The summed E-state index contributed by atoms with van der Waals surface area (Å²) < 4.78 is 11.5. The number of nitrogens with zero attached hydrogens (tertiary/aromatic N) is 1. The van der Waals surface area contributed by atoms with E-state index in [9.17, 15) is 0 Å². The van der Waals surface area contributed by atoms with Gasteiger partial charge in [-0.1, -0.05) is 12.1 Å². The molecular formula is C16H24N2O2. The lowest BCUT2D eigenvalue weighted by Crippen LogP contribution is -2.42. The molecule has 0 bridgehead atoms. The summed E-state index contributed by atoms with van der Waals surface area (Å²) in [6, 6.07) is 9.13. The quantitative estimate of drug-likeness (QED) is 0.856. The highest BCUT2D eigenvalue weighted by atomic mass is 16.5. The van der Waals surface area contributed by atoms with Crippen LogP contribution < -0.4 is 10.1 Å². The summed E-state index contributed by atoms with van der Waals surface area (Å²) in [5.41, 5.74) is 1.32. The summed E-state index contributed by atoms with van der Waals surface area (Å²) in [6.07, 6.45) is 2.85. The first kappa shape index (κ1) is 13.9. The highest BCUT2D eigenvalue weighted by Crippen LogP contribution is 2.20. The van der Waals surface area contributed by atoms with Crippen LogP contribution in [0.25, 0.3) is 0 Å². The van der Waals surface area contributed by atoms with Crippen LogP contribution in [0, 0.1) is 0 Å². The monoisotopic (exact) mass is 276 g/mol. The maximum atomic E-state index is 5.81. The van der Waals surface area contributed by atoms with Gasteiger partial charge in [-0.05, 0) is 37.6 Å². The topological polar surface area (TPSA) is 33.7 Å². The molecule has 4 heteroatoms. The fraction of sp³-hybridized carbons (Fsp3) is 0.625. The summed E-state index contributed by atoms with van der Waals surface area (Å²) in [4.78, 5) is 2.28. The number of benzene rings is 1. The van der Waals surface area contributed by atoms with Gasteiger partial charge in [-0.3, -0.25) is 0 Å². The first-order valence-electron chi connectivity index (χ1n) is 7.55. The molecule has 1 saturated heterocycles. The third-order valence-corrected chi connectivity index (χ3v) is 3.87. The lowest BCUT2D eigenvalue weighted by Gasteiger charge is -2.29. The van der Waals surface area contributed by atoms with Crippen LogP contribution in [0.15, 0.2) is 24.3 Å². The van der Waals surface area contributed by atoms with Gasteiger partial charge in [-0.25, -0.2) is 0 Å². The standard InChI is InChI=1S/C16H24N2O2/c1-18-8-9-19-16(11-18)12-20-15-6-2-13(3-7-15)10-17-14-4-5-14/h2-3,6-7,14,16-17H,4-5,8-12H2,1H3. The van der Waals surface area contributed by atoms with Crippen molar-refractivity contribution in [2.75, 3.05) is 33.4 Å². The minimum absolute atomic E-state index is 0.185. The molecule has 1 aliphatic heterocycles. The Morgan fingerprint density at radius 2 is 2.10 bits per heavy atom. The second kappa shape index (κ2) is 6.57. The minimum atomic E-state index is 0.185. The third-order valence-electron chi connectivity index (χ3n) is 3.87. The van der Waals surface area contributed by atoms with E-state index in [1.165, 1.54) is 18.4 Å². The average Bonchev–Trinajstić information content (AvgIpc) is 3.28. The molecule has 1 aromatic rings. The SMILES string of the molecule is CN1CCOC(COc2ccc(CNC3CC3)cc2)C1. The van der Waals surface area contributed by atoms with Gasteiger partial charge in [-0.2, -0.15) is 0 Å². The van der Waals surface area contributed by atoms with Crippen molar-refractivity contribution in [3.8, 4) is 5.75 Å². The van der Waals surface area contributed by atoms with E-state index in [0.29, 0.717) is 6.61 Å². The molecule has 110 valence electrons. The normalized spacial score (nSPS) is 23.8. The Hall–Kier alpha value is -1.10. The smallest absolute Gasteiger partial charge is 0.119 e. The van der Waals surface area contributed by atoms with E-state index in [-0.39, 0.29) is 6.10 Å². The molecule has 3 rings (SSSR count). The van der Waals surface area contributed by atoms with Gasteiger partial charge in [0.25, 0.3) is 0 Å². The average molecular weight is 276 g/mol. The molecule has 2 fully saturated rings. The van der Waals surface area contributed by atoms with Crippen molar-refractivity contribution >= 4 is 0 Å². The van der Waals surface area contributed by atoms with E-state index >= 15 is 0 Å². The van der Waals surface area contributed by atoms with E-state index in [0.717, 1.165) is 38.0 Å². The molecule has 1 heterocycles. The number of morpholine rings is 1. The van der Waals surface area contributed by atoms with E-state index in [2.05, 4.69) is 41.5 Å². The summed E-state index contributed by atoms with van der Waals surface area (Å²) in [7, 11) is 2.12. The van der Waals surface area contributed by atoms with Gasteiger partial charge in [-0.15, -0.1) is 0 Å².